The number of hydrogen-bond donors (Lipinski definition) is 2. The van der Waals surface area contributed by atoms with Gasteiger partial charge in [-0.3, -0.25) is 4.79 Å². The first-order chi connectivity index (χ1) is 9.70. The Morgan fingerprint density at radius 3 is 3.10 bits per heavy atom. The molecule has 2 N–H and O–H groups in total. The molecule has 20 heavy (non-hydrogen) atoms. The average Bonchev–Trinajstić information content (AvgIpc) is 2.89. The number of nitrogens with one attached hydrogen (secondary N) is 1. The zero-order valence-electron chi connectivity index (χ0n) is 11.6. The summed E-state index contributed by atoms with van der Waals surface area (Å²) in [6.07, 6.45) is 0.608. The van der Waals surface area contributed by atoms with Crippen molar-refractivity contribution >= 4 is 5.91 Å². The van der Waals surface area contributed by atoms with Gasteiger partial charge in [0.05, 0.1) is 0 Å². The highest BCUT2D eigenvalue weighted by Gasteiger charge is 2.30. The molecule has 2 rings (SSSR count). The standard InChI is InChI=1S/C16H19NO3/c1-12-7-9-20-15(12)16(19)17-11-14-5-2-4-13(10-14)6-3-8-18/h2,4-5,10,12,15,18H,7-9,11H2,1H3,(H,17,19). The van der Waals surface area contributed by atoms with Crippen LogP contribution in [0.3, 0.4) is 0 Å². The molecule has 106 valence electrons. The van der Waals surface area contributed by atoms with Crippen molar-refractivity contribution in [3.63, 3.8) is 0 Å². The average molecular weight is 273 g/mol. The van der Waals surface area contributed by atoms with Gasteiger partial charge < -0.3 is 15.2 Å². The molecule has 1 aromatic carbocycles. The van der Waals surface area contributed by atoms with Gasteiger partial charge in [-0.15, -0.1) is 0 Å². The molecule has 1 amide bonds. The van der Waals surface area contributed by atoms with Gasteiger partial charge in [-0.1, -0.05) is 30.9 Å². The molecular weight excluding hydrogens is 254 g/mol. The fraction of sp³-hybridized carbons (Fsp3) is 0.438. The quantitative estimate of drug-likeness (QED) is 0.810. The lowest BCUT2D eigenvalue weighted by molar-refractivity contribution is -0.131. The van der Waals surface area contributed by atoms with Crippen molar-refractivity contribution in [3.8, 4) is 11.8 Å². The molecule has 0 aliphatic carbocycles. The molecule has 4 nitrogen and oxygen atoms in total. The maximum atomic E-state index is 12.0. The highest BCUT2D eigenvalue weighted by atomic mass is 16.5. The van der Waals surface area contributed by atoms with E-state index in [1.165, 1.54) is 0 Å². The fourth-order valence-electron chi connectivity index (χ4n) is 2.22. The van der Waals surface area contributed by atoms with Gasteiger partial charge in [0, 0.05) is 18.7 Å². The second-order valence-corrected chi connectivity index (χ2v) is 4.94. The Bertz CT molecular complexity index is 530. The molecule has 0 aromatic heterocycles. The van der Waals surface area contributed by atoms with Crippen LogP contribution >= 0.6 is 0 Å². The maximum Gasteiger partial charge on any atom is 0.249 e. The molecule has 0 spiro atoms. The van der Waals surface area contributed by atoms with Crippen molar-refractivity contribution in [2.45, 2.75) is 26.0 Å². The number of benzene rings is 1. The van der Waals surface area contributed by atoms with Crippen LogP contribution in [-0.4, -0.2) is 30.3 Å². The Labute approximate surface area is 119 Å². The first kappa shape index (κ1) is 14.6. The number of carbonyl (C=O) groups excluding carboxylic acids is 1. The lowest BCUT2D eigenvalue weighted by Gasteiger charge is -2.14. The molecular formula is C16H19NO3. The zero-order valence-corrected chi connectivity index (χ0v) is 11.6. The van der Waals surface area contributed by atoms with Gasteiger partial charge in [-0.05, 0) is 30.0 Å². The van der Waals surface area contributed by atoms with Crippen LogP contribution in [0.4, 0.5) is 0 Å². The SMILES string of the molecule is CC1CCOC1C(=O)NCc1cccc(C#CCO)c1. The number of carbonyl (C=O) groups is 1. The fourth-order valence-corrected chi connectivity index (χ4v) is 2.22. The largest absolute Gasteiger partial charge is 0.384 e. The Hall–Kier alpha value is -1.83. The molecule has 2 atom stereocenters. The molecule has 1 fully saturated rings. The molecule has 0 saturated carbocycles. The van der Waals surface area contributed by atoms with Gasteiger partial charge in [-0.2, -0.15) is 0 Å². The molecule has 0 bridgehead atoms. The van der Waals surface area contributed by atoms with E-state index in [2.05, 4.69) is 17.2 Å². The minimum atomic E-state index is -0.327. The zero-order chi connectivity index (χ0) is 14.4. The molecule has 0 radical (unpaired) electrons. The van der Waals surface area contributed by atoms with E-state index in [1.807, 2.05) is 31.2 Å². The number of rotatable bonds is 3. The van der Waals surface area contributed by atoms with Gasteiger partial charge in [0.1, 0.15) is 12.7 Å². The lowest BCUT2D eigenvalue weighted by Crippen LogP contribution is -2.36. The summed E-state index contributed by atoms with van der Waals surface area (Å²) in [4.78, 5) is 12.0. The summed E-state index contributed by atoms with van der Waals surface area (Å²) in [7, 11) is 0. The van der Waals surface area contributed by atoms with Crippen LogP contribution < -0.4 is 5.32 Å². The van der Waals surface area contributed by atoms with Gasteiger partial charge in [0.25, 0.3) is 0 Å². The summed E-state index contributed by atoms with van der Waals surface area (Å²) < 4.78 is 5.43. The second-order valence-electron chi connectivity index (χ2n) is 4.94. The van der Waals surface area contributed by atoms with E-state index >= 15 is 0 Å². The van der Waals surface area contributed by atoms with Crippen LogP contribution in [0.25, 0.3) is 0 Å². The summed E-state index contributed by atoms with van der Waals surface area (Å²) in [5.41, 5.74) is 1.81. The number of aliphatic hydroxyl groups excluding tert-OH is 1. The molecule has 2 unspecified atom stereocenters. The number of aliphatic hydroxyl groups is 1. The predicted molar refractivity (Wildman–Crippen MR) is 75.8 cm³/mol. The topological polar surface area (TPSA) is 58.6 Å². The van der Waals surface area contributed by atoms with E-state index in [0.29, 0.717) is 13.2 Å². The molecule has 1 heterocycles. The second kappa shape index (κ2) is 7.09. The summed E-state index contributed by atoms with van der Waals surface area (Å²) in [6.45, 7) is 2.99. The first-order valence-corrected chi connectivity index (χ1v) is 6.78. The summed E-state index contributed by atoms with van der Waals surface area (Å²) in [5.74, 6) is 5.67. The van der Waals surface area contributed by atoms with E-state index < -0.39 is 0 Å². The number of amides is 1. The van der Waals surface area contributed by atoms with Gasteiger partial charge in [0.15, 0.2) is 0 Å². The summed E-state index contributed by atoms with van der Waals surface area (Å²) in [6, 6.07) is 7.60. The van der Waals surface area contributed by atoms with Crippen LogP contribution in [-0.2, 0) is 16.1 Å². The van der Waals surface area contributed by atoms with E-state index in [0.717, 1.165) is 17.5 Å². The number of ether oxygens (including phenoxy) is 1. The van der Waals surface area contributed by atoms with Crippen molar-refractivity contribution < 1.29 is 14.6 Å². The minimum absolute atomic E-state index is 0.0538. The summed E-state index contributed by atoms with van der Waals surface area (Å²) in [5, 5.41) is 11.6. The van der Waals surface area contributed by atoms with Gasteiger partial charge in [-0.25, -0.2) is 0 Å². The molecule has 4 heteroatoms. The Balaban J connectivity index is 1.92. The smallest absolute Gasteiger partial charge is 0.249 e. The third-order valence-electron chi connectivity index (χ3n) is 3.35. The molecule has 1 aromatic rings. The first-order valence-electron chi connectivity index (χ1n) is 6.78. The van der Waals surface area contributed by atoms with Crippen molar-refractivity contribution in [2.75, 3.05) is 13.2 Å². The normalized spacial score (nSPS) is 21.1. The van der Waals surface area contributed by atoms with Crippen molar-refractivity contribution in [1.29, 1.82) is 0 Å². The maximum absolute atomic E-state index is 12.0. The highest BCUT2D eigenvalue weighted by molar-refractivity contribution is 5.81. The monoisotopic (exact) mass is 273 g/mol. The van der Waals surface area contributed by atoms with E-state index in [9.17, 15) is 4.79 Å². The Kier molecular flexibility index (Phi) is 5.16. The van der Waals surface area contributed by atoms with E-state index in [4.69, 9.17) is 9.84 Å². The molecule has 1 aliphatic rings. The van der Waals surface area contributed by atoms with Crippen molar-refractivity contribution in [3.05, 3.63) is 35.4 Å². The van der Waals surface area contributed by atoms with Gasteiger partial charge in [0.2, 0.25) is 5.91 Å². The van der Waals surface area contributed by atoms with E-state index in [-0.39, 0.29) is 24.5 Å². The van der Waals surface area contributed by atoms with Crippen LogP contribution in [0.2, 0.25) is 0 Å². The van der Waals surface area contributed by atoms with Crippen LogP contribution in [0.1, 0.15) is 24.5 Å². The van der Waals surface area contributed by atoms with Crippen LogP contribution in [0, 0.1) is 17.8 Å². The lowest BCUT2D eigenvalue weighted by atomic mass is 10.0. The minimum Gasteiger partial charge on any atom is -0.384 e. The third kappa shape index (κ3) is 3.83. The Morgan fingerprint density at radius 1 is 1.55 bits per heavy atom. The van der Waals surface area contributed by atoms with Crippen molar-refractivity contribution in [1.82, 2.24) is 5.32 Å². The third-order valence-corrected chi connectivity index (χ3v) is 3.35. The Morgan fingerprint density at radius 2 is 2.40 bits per heavy atom. The van der Waals surface area contributed by atoms with Crippen LogP contribution in [0.5, 0.6) is 0 Å². The van der Waals surface area contributed by atoms with E-state index in [1.54, 1.807) is 0 Å². The predicted octanol–water partition coefficient (Wildman–Crippen LogP) is 1.07. The van der Waals surface area contributed by atoms with Crippen LogP contribution in [0.15, 0.2) is 24.3 Å². The summed E-state index contributed by atoms with van der Waals surface area (Å²) >= 11 is 0. The van der Waals surface area contributed by atoms with Gasteiger partial charge >= 0.3 is 0 Å². The number of hydrogen-bond acceptors (Lipinski definition) is 3. The molecule has 1 saturated heterocycles. The highest BCUT2D eigenvalue weighted by Crippen LogP contribution is 2.20. The molecule has 1 aliphatic heterocycles. The van der Waals surface area contributed by atoms with Crippen molar-refractivity contribution in [2.24, 2.45) is 5.92 Å².